The van der Waals surface area contributed by atoms with Crippen molar-refractivity contribution < 1.29 is 23.7 Å². The van der Waals surface area contributed by atoms with Crippen molar-refractivity contribution in [2.75, 3.05) is 0 Å². The topological polar surface area (TPSA) is 63.3 Å². The fraction of sp³-hybridized carbons (Fsp3) is 0.833. The molecule has 0 aromatic heterocycles. The van der Waals surface area contributed by atoms with Crippen LogP contribution in [0.15, 0.2) is 0 Å². The van der Waals surface area contributed by atoms with Crippen LogP contribution < -0.4 is 5.72 Å². The van der Waals surface area contributed by atoms with Crippen LogP contribution in [0, 0.1) is 5.89 Å². The summed E-state index contributed by atoms with van der Waals surface area (Å²) in [5.74, 6) is -5.57. The fourth-order valence-corrected chi connectivity index (χ4v) is 0.196. The van der Waals surface area contributed by atoms with Crippen molar-refractivity contribution in [1.82, 2.24) is 0 Å². The van der Waals surface area contributed by atoms with E-state index < -0.39 is 43.7 Å². The van der Waals surface area contributed by atoms with Crippen molar-refractivity contribution >= 4 is 5.97 Å². The van der Waals surface area contributed by atoms with Crippen LogP contribution >= 0.6 is 0 Å². The van der Waals surface area contributed by atoms with E-state index in [1.807, 2.05) is 0 Å². The van der Waals surface area contributed by atoms with Crippen LogP contribution in [0.2, 0.25) is 2.82 Å². The summed E-state index contributed by atoms with van der Waals surface area (Å²) in [4.78, 5) is 11.0. The zero-order valence-corrected chi connectivity index (χ0v) is 4.51. The molecule has 0 aliphatic rings. The molecule has 0 aromatic rings. The van der Waals surface area contributed by atoms with Crippen molar-refractivity contribution in [2.45, 2.75) is 26.1 Å². The van der Waals surface area contributed by atoms with Gasteiger partial charge < -0.3 is 10.8 Å². The van der Waals surface area contributed by atoms with Crippen LogP contribution in [0.3, 0.4) is 0 Å². The molecule has 0 spiro atoms. The van der Waals surface area contributed by atoms with E-state index in [9.17, 15) is 4.79 Å². The minimum absolute atomic E-state index is 0.819. The van der Waals surface area contributed by atoms with E-state index >= 15 is 0 Å². The average molecular weight is 141 g/mol. The molecule has 0 aliphatic heterocycles. The molecule has 2 atom stereocenters. The molecule has 9 heavy (non-hydrogen) atoms. The van der Waals surface area contributed by atoms with Crippen molar-refractivity contribution in [3.63, 3.8) is 0 Å². The van der Waals surface area contributed by atoms with E-state index in [4.69, 9.17) is 18.9 Å². The molecule has 0 rings (SSSR count). The van der Waals surface area contributed by atoms with E-state index in [-0.39, 0.29) is 0 Å². The molecule has 0 fully saturated rings. The molecule has 0 heterocycles. The highest BCUT2D eigenvalue weighted by Gasteiger charge is 2.11. The quantitative estimate of drug-likeness (QED) is 0.597. The predicted molar refractivity (Wildman–Crippen MR) is 35.1 cm³/mol. The Morgan fingerprint density at radius 3 is 3.44 bits per heavy atom. The highest BCUT2D eigenvalue weighted by atomic mass is 16.4. The Morgan fingerprint density at radius 2 is 3.11 bits per heavy atom. The molecule has 0 bridgehead atoms. The molecule has 0 amide bonds. The number of rotatable bonds is 4. The SMILES string of the molecule is [2H]CC([2H])(C([2H])([2H])[2H])C([2H])([2H])[C@@]([2H])(C(=O)O)N([2H])[2H]. The molecule has 0 aliphatic carbocycles. The number of carboxylic acids is 1. The first-order valence-corrected chi connectivity index (χ1v) is 2.00. The lowest BCUT2D eigenvalue weighted by molar-refractivity contribution is -0.138. The van der Waals surface area contributed by atoms with E-state index in [0.29, 0.717) is 0 Å². The molecule has 1 unspecified atom stereocenters. The smallest absolute Gasteiger partial charge is 0.320 e. The second-order valence-electron chi connectivity index (χ2n) is 1.26. The Hall–Kier alpha value is -0.570. The van der Waals surface area contributed by atoms with Gasteiger partial charge in [-0.1, -0.05) is 13.8 Å². The maximum Gasteiger partial charge on any atom is 0.320 e. The Morgan fingerprint density at radius 1 is 2.33 bits per heavy atom. The van der Waals surface area contributed by atoms with E-state index in [0.717, 1.165) is 0 Å². The maximum absolute atomic E-state index is 11.0. The zero-order valence-electron chi connectivity index (χ0n) is 14.5. The highest BCUT2D eigenvalue weighted by Crippen LogP contribution is 2.01. The van der Waals surface area contributed by atoms with Gasteiger partial charge in [0.1, 0.15) is 8.84 Å². The van der Waals surface area contributed by atoms with Gasteiger partial charge in [-0.25, -0.2) is 0 Å². The minimum Gasteiger partial charge on any atom is -0.480 e. The van der Waals surface area contributed by atoms with Gasteiger partial charge in [0.05, 0.1) is 1.37 Å². The minimum atomic E-state index is -3.68. The molecule has 0 saturated carbocycles. The van der Waals surface area contributed by atoms with Gasteiger partial charge >= 0.3 is 5.97 Å². The van der Waals surface area contributed by atoms with E-state index in [1.165, 1.54) is 0 Å². The third-order valence-electron chi connectivity index (χ3n) is 0.472. The number of aliphatic carboxylic acids is 1. The first kappa shape index (κ1) is 1.53. The lowest BCUT2D eigenvalue weighted by Crippen LogP contribution is -2.31. The summed E-state index contributed by atoms with van der Waals surface area (Å²) in [5, 5.41) is 8.83. The second kappa shape index (κ2) is 3.45. The van der Waals surface area contributed by atoms with Crippen LogP contribution in [-0.2, 0) is 4.79 Å². The number of carbonyl (C=O) groups is 1. The van der Waals surface area contributed by atoms with Crippen molar-refractivity contribution in [1.29, 1.82) is 0 Å². The normalized spacial score (nSPS) is 43.2. The largest absolute Gasteiger partial charge is 0.480 e. The Kier molecular flexibility index (Phi) is 0.588. The van der Waals surface area contributed by atoms with Gasteiger partial charge in [-0.2, -0.15) is 0 Å². The average Bonchev–Trinajstić information content (AvgIpc) is 2.23. The van der Waals surface area contributed by atoms with Gasteiger partial charge in [-0.05, 0) is 12.3 Å². The summed E-state index contributed by atoms with van der Waals surface area (Å²) in [6, 6.07) is -3.66. The number of carboxylic acid groups (broad SMARTS) is 1. The molecule has 3 nitrogen and oxygen atoms in total. The summed E-state index contributed by atoms with van der Waals surface area (Å²) in [5.41, 5.74) is -0.819. The molecular formula is C6H13NO2. The van der Waals surface area contributed by atoms with E-state index in [2.05, 4.69) is 0 Å². The van der Waals surface area contributed by atoms with E-state index in [1.54, 1.807) is 0 Å². The lowest BCUT2D eigenvalue weighted by atomic mass is 10.1. The van der Waals surface area contributed by atoms with Gasteiger partial charge in [-0.3, -0.25) is 4.79 Å². The summed E-state index contributed by atoms with van der Waals surface area (Å²) in [7, 11) is 0. The third kappa shape index (κ3) is 3.97. The van der Waals surface area contributed by atoms with Crippen molar-refractivity contribution in [3.8, 4) is 0 Å². The van der Waals surface area contributed by atoms with Gasteiger partial charge in [0, 0.05) is 9.60 Å². The van der Waals surface area contributed by atoms with Crippen LogP contribution in [0.4, 0.5) is 0 Å². The summed E-state index contributed by atoms with van der Waals surface area (Å²) >= 11 is 0. The zero-order chi connectivity index (χ0) is 15.9. The van der Waals surface area contributed by atoms with Crippen LogP contribution in [0.25, 0.3) is 0 Å². The molecule has 54 valence electrons. The van der Waals surface area contributed by atoms with Crippen LogP contribution in [0.5, 0.6) is 0 Å². The van der Waals surface area contributed by atoms with Crippen LogP contribution in [0.1, 0.15) is 31.1 Å². The number of hydrogen-bond acceptors (Lipinski definition) is 2. The fourth-order valence-electron chi connectivity index (χ4n) is 0.196. The number of nitrogens with two attached hydrogens (primary N) is 1. The summed E-state index contributed by atoms with van der Waals surface area (Å²) in [6.45, 7) is -4.77. The number of hydrogen-bond donors (Lipinski definition) is 2. The third-order valence-corrected chi connectivity index (χ3v) is 0.472. The summed E-state index contributed by atoms with van der Waals surface area (Å²) < 4.78 is 71.9. The molecule has 3 N–H and O–H groups in total. The Labute approximate surface area is 69.0 Å². The maximum atomic E-state index is 11.0. The van der Waals surface area contributed by atoms with Gasteiger partial charge in [0.15, 0.2) is 0 Å². The first-order valence-electron chi connectivity index (χ1n) is 7.11. The van der Waals surface area contributed by atoms with Crippen molar-refractivity contribution in [2.24, 2.45) is 11.6 Å². The van der Waals surface area contributed by atoms with Gasteiger partial charge in [-0.15, -0.1) is 0 Å². The second-order valence-corrected chi connectivity index (χ2v) is 1.26. The molecular weight excluding hydrogens is 118 g/mol. The monoisotopic (exact) mass is 141 g/mol. The molecule has 3 heteroatoms. The Balaban J connectivity index is 6.15. The van der Waals surface area contributed by atoms with Gasteiger partial charge in [0.25, 0.3) is 0 Å². The molecule has 0 aromatic carbocycles. The standard InChI is InChI=1S/C6H13NO2/c1-4(2)3-5(7)6(8)9/h4-5H,3,7H2,1-2H3,(H,8,9)/t5-/m0/s1/i1D,2D3,3D2,4D,5D/hD2/t4?,5-. The first-order chi connectivity index (χ1) is 8.20. The molecule has 0 saturated heterocycles. The highest BCUT2D eigenvalue weighted by molar-refractivity contribution is 5.72. The Bertz CT molecular complexity index is 356. The molecule has 0 radical (unpaired) electrons. The lowest BCUT2D eigenvalue weighted by Gasteiger charge is -2.07. The predicted octanol–water partition coefficient (Wildman–Crippen LogP) is 0.444. The van der Waals surface area contributed by atoms with Gasteiger partial charge in [0.2, 0.25) is 0 Å². The van der Waals surface area contributed by atoms with Crippen LogP contribution in [-0.4, -0.2) is 17.1 Å². The summed E-state index contributed by atoms with van der Waals surface area (Å²) in [6.07, 6.45) is -3.68. The van der Waals surface area contributed by atoms with Crippen molar-refractivity contribution in [3.05, 3.63) is 0 Å².